The number of urea groups is 1. The van der Waals surface area contributed by atoms with Crippen LogP contribution in [-0.2, 0) is 17.9 Å². The Morgan fingerprint density at radius 2 is 2.03 bits per heavy atom. The fourth-order valence-electron chi connectivity index (χ4n) is 4.28. The molecule has 2 aromatic rings. The number of carbonyl (C=O) groups is 1. The molecule has 0 bridgehead atoms. The van der Waals surface area contributed by atoms with Gasteiger partial charge in [0.2, 0.25) is 6.79 Å². The summed E-state index contributed by atoms with van der Waals surface area (Å²) < 4.78 is 19.0. The number of benzene rings is 1. The third-order valence-corrected chi connectivity index (χ3v) is 5.87. The summed E-state index contributed by atoms with van der Waals surface area (Å²) in [7, 11) is 0. The van der Waals surface area contributed by atoms with Crippen molar-refractivity contribution < 1.29 is 19.0 Å². The third-order valence-electron chi connectivity index (χ3n) is 5.87. The number of hydrogen-bond acceptors (Lipinski definition) is 5. The third kappa shape index (κ3) is 3.89. The van der Waals surface area contributed by atoms with E-state index in [1.165, 1.54) is 19.3 Å². The molecule has 1 aliphatic carbocycles. The van der Waals surface area contributed by atoms with E-state index in [4.69, 9.17) is 14.2 Å². The molecule has 154 valence electrons. The molecule has 1 saturated carbocycles. The fraction of sp³-hybridized carbons (Fsp3) is 0.524. The van der Waals surface area contributed by atoms with E-state index in [9.17, 15) is 4.79 Å². The van der Waals surface area contributed by atoms with Crippen LogP contribution in [0.4, 0.5) is 4.79 Å². The van der Waals surface area contributed by atoms with Crippen molar-refractivity contribution in [3.8, 4) is 22.8 Å². The van der Waals surface area contributed by atoms with Crippen molar-refractivity contribution in [1.82, 2.24) is 20.2 Å². The molecule has 8 heteroatoms. The summed E-state index contributed by atoms with van der Waals surface area (Å²) >= 11 is 0. The lowest BCUT2D eigenvalue weighted by Crippen LogP contribution is -2.46. The minimum absolute atomic E-state index is 0.0958. The molecule has 0 radical (unpaired) electrons. The summed E-state index contributed by atoms with van der Waals surface area (Å²) in [5.74, 6) is 2.41. The van der Waals surface area contributed by atoms with Crippen molar-refractivity contribution in [1.29, 1.82) is 0 Å². The van der Waals surface area contributed by atoms with Crippen LogP contribution in [0, 0.1) is 0 Å². The summed E-state index contributed by atoms with van der Waals surface area (Å²) in [6.07, 6.45) is 7.58. The van der Waals surface area contributed by atoms with Gasteiger partial charge in [0.1, 0.15) is 12.4 Å². The van der Waals surface area contributed by atoms with Gasteiger partial charge >= 0.3 is 6.03 Å². The van der Waals surface area contributed by atoms with Gasteiger partial charge in [0, 0.05) is 18.2 Å². The number of imidazole rings is 1. The summed E-state index contributed by atoms with van der Waals surface area (Å²) in [5.41, 5.74) is 2.04. The second kappa shape index (κ2) is 7.94. The van der Waals surface area contributed by atoms with Crippen molar-refractivity contribution >= 4 is 6.03 Å². The van der Waals surface area contributed by atoms with Gasteiger partial charge in [-0.15, -0.1) is 0 Å². The predicted octanol–water partition coefficient (Wildman–Crippen LogP) is 2.81. The molecule has 0 spiro atoms. The Hall–Kier alpha value is -2.74. The van der Waals surface area contributed by atoms with Crippen LogP contribution in [0.25, 0.3) is 11.3 Å². The fourth-order valence-corrected chi connectivity index (χ4v) is 4.28. The zero-order valence-corrected chi connectivity index (χ0v) is 16.4. The summed E-state index contributed by atoms with van der Waals surface area (Å²) in [6.45, 7) is 1.80. The highest BCUT2D eigenvalue weighted by atomic mass is 16.7. The first kappa shape index (κ1) is 18.3. The summed E-state index contributed by atoms with van der Waals surface area (Å²) in [4.78, 5) is 16.7. The van der Waals surface area contributed by atoms with Gasteiger partial charge in [-0.25, -0.2) is 9.78 Å². The Morgan fingerprint density at radius 1 is 1.17 bits per heavy atom. The molecule has 8 nitrogen and oxygen atoms in total. The smallest absolute Gasteiger partial charge is 0.315 e. The average molecular weight is 398 g/mol. The number of fused-ring (bicyclic) bond motifs is 2. The van der Waals surface area contributed by atoms with E-state index in [1.54, 1.807) is 0 Å². The topological polar surface area (TPSA) is 86.6 Å². The Labute approximate surface area is 169 Å². The molecule has 2 aliphatic heterocycles. The Morgan fingerprint density at radius 3 is 2.93 bits per heavy atom. The molecule has 3 aliphatic rings. The summed E-state index contributed by atoms with van der Waals surface area (Å²) in [6, 6.07) is 6.11. The van der Waals surface area contributed by atoms with Crippen molar-refractivity contribution in [2.24, 2.45) is 0 Å². The van der Waals surface area contributed by atoms with E-state index in [2.05, 4.69) is 20.2 Å². The number of hydrogen-bond donors (Lipinski definition) is 2. The van der Waals surface area contributed by atoms with Gasteiger partial charge in [-0.3, -0.25) is 0 Å². The lowest BCUT2D eigenvalue weighted by molar-refractivity contribution is 0.00486. The molecular formula is C21H26N4O4. The number of nitrogens with one attached hydrogen (secondary N) is 2. The van der Waals surface area contributed by atoms with E-state index in [1.807, 2.05) is 24.4 Å². The molecule has 29 heavy (non-hydrogen) atoms. The molecular weight excluding hydrogens is 372 g/mol. The van der Waals surface area contributed by atoms with E-state index in [0.29, 0.717) is 25.7 Å². The Bertz CT molecular complexity index is 891. The maximum atomic E-state index is 12.2. The van der Waals surface area contributed by atoms with Crippen LogP contribution in [0.15, 0.2) is 24.4 Å². The van der Waals surface area contributed by atoms with Crippen molar-refractivity contribution in [3.63, 3.8) is 0 Å². The number of amides is 2. The normalized spacial score (nSPS) is 20.9. The van der Waals surface area contributed by atoms with E-state index >= 15 is 0 Å². The molecule has 3 heterocycles. The quantitative estimate of drug-likeness (QED) is 0.827. The maximum Gasteiger partial charge on any atom is 0.315 e. The molecule has 0 unspecified atom stereocenters. The predicted molar refractivity (Wildman–Crippen MR) is 106 cm³/mol. The number of ether oxygens (including phenoxy) is 3. The standard InChI is InChI=1S/C21H26N4O4/c26-21(24-15-4-2-1-3-5-15)23-9-16-11-25-17(10-22-20(25)12-27-16)14-6-7-18-19(8-14)29-13-28-18/h6-8,10,15-16H,1-5,9,11-13H2,(H2,23,24,26)/t16-/m0/s1. The molecule has 2 N–H and O–H groups in total. The first-order chi connectivity index (χ1) is 14.3. The molecule has 1 atom stereocenters. The number of carbonyl (C=O) groups excluding carboxylic acids is 1. The lowest BCUT2D eigenvalue weighted by Gasteiger charge is -2.27. The van der Waals surface area contributed by atoms with Crippen molar-refractivity contribution in [2.75, 3.05) is 13.3 Å². The van der Waals surface area contributed by atoms with E-state index < -0.39 is 0 Å². The molecule has 1 fully saturated rings. The van der Waals surface area contributed by atoms with Gasteiger partial charge in [-0.05, 0) is 31.0 Å². The van der Waals surface area contributed by atoms with E-state index in [-0.39, 0.29) is 18.9 Å². The highest BCUT2D eigenvalue weighted by Crippen LogP contribution is 2.36. The molecule has 1 aromatic carbocycles. The van der Waals surface area contributed by atoms with Crippen LogP contribution < -0.4 is 20.1 Å². The van der Waals surface area contributed by atoms with Crippen molar-refractivity contribution in [3.05, 3.63) is 30.2 Å². The van der Waals surface area contributed by atoms with Gasteiger partial charge in [-0.2, -0.15) is 0 Å². The maximum absolute atomic E-state index is 12.2. The minimum atomic E-state index is -0.104. The highest BCUT2D eigenvalue weighted by Gasteiger charge is 2.25. The Kier molecular flexibility index (Phi) is 5.01. The monoisotopic (exact) mass is 398 g/mol. The second-order valence-corrected chi connectivity index (χ2v) is 7.86. The van der Waals surface area contributed by atoms with Gasteiger partial charge < -0.3 is 29.4 Å². The zero-order valence-electron chi connectivity index (χ0n) is 16.4. The average Bonchev–Trinajstić information content (AvgIpc) is 3.39. The van der Waals surface area contributed by atoms with E-state index in [0.717, 1.165) is 41.4 Å². The molecule has 5 rings (SSSR count). The van der Waals surface area contributed by atoms with Gasteiger partial charge in [-0.1, -0.05) is 19.3 Å². The van der Waals surface area contributed by atoms with Crippen LogP contribution >= 0.6 is 0 Å². The van der Waals surface area contributed by atoms with Gasteiger partial charge in [0.15, 0.2) is 11.5 Å². The first-order valence-electron chi connectivity index (χ1n) is 10.4. The number of rotatable bonds is 4. The highest BCUT2D eigenvalue weighted by molar-refractivity contribution is 5.74. The molecule has 0 saturated heterocycles. The summed E-state index contributed by atoms with van der Waals surface area (Å²) in [5, 5.41) is 6.05. The lowest BCUT2D eigenvalue weighted by atomic mass is 9.96. The number of nitrogens with zero attached hydrogens (tertiary/aromatic N) is 2. The Balaban J connectivity index is 1.22. The first-order valence-corrected chi connectivity index (χ1v) is 10.4. The molecule has 1 aromatic heterocycles. The van der Waals surface area contributed by atoms with Crippen LogP contribution in [0.1, 0.15) is 37.9 Å². The second-order valence-electron chi connectivity index (χ2n) is 7.86. The minimum Gasteiger partial charge on any atom is -0.454 e. The largest absolute Gasteiger partial charge is 0.454 e. The SMILES string of the molecule is O=C(NC[C@H]1Cn2c(-c3ccc4c(c3)OCO4)cnc2CO1)NC1CCCCC1. The van der Waals surface area contributed by atoms with Crippen LogP contribution in [-0.4, -0.2) is 41.1 Å². The van der Waals surface area contributed by atoms with Crippen LogP contribution in [0.5, 0.6) is 11.5 Å². The van der Waals surface area contributed by atoms with Gasteiger partial charge in [0.05, 0.1) is 24.5 Å². The zero-order chi connectivity index (χ0) is 19.6. The van der Waals surface area contributed by atoms with Crippen molar-refractivity contribution in [2.45, 2.75) is 57.4 Å². The van der Waals surface area contributed by atoms with Crippen LogP contribution in [0.3, 0.4) is 0 Å². The van der Waals surface area contributed by atoms with Crippen LogP contribution in [0.2, 0.25) is 0 Å². The molecule has 2 amide bonds. The van der Waals surface area contributed by atoms with Gasteiger partial charge in [0.25, 0.3) is 0 Å². The number of aromatic nitrogens is 2.